The Morgan fingerprint density at radius 3 is 2.23 bits per heavy atom. The van der Waals surface area contributed by atoms with Gasteiger partial charge in [0.05, 0.1) is 6.42 Å². The van der Waals surface area contributed by atoms with Crippen molar-refractivity contribution in [2.24, 2.45) is 11.8 Å². The highest BCUT2D eigenvalue weighted by atomic mass is 16.6. The molecular weight excluding hydrogens is 394 g/mol. The number of carboxylic acid groups (broad SMARTS) is 2. The summed E-state index contributed by atoms with van der Waals surface area (Å²) in [5.74, 6) is 0.0807. The van der Waals surface area contributed by atoms with Crippen molar-refractivity contribution in [1.82, 2.24) is 5.32 Å². The molecule has 1 unspecified atom stereocenters. The van der Waals surface area contributed by atoms with Gasteiger partial charge in [-0.05, 0) is 49.3 Å². The van der Waals surface area contributed by atoms with Crippen molar-refractivity contribution in [2.75, 3.05) is 13.2 Å². The topological polar surface area (TPSA) is 142 Å². The smallest absolute Gasteiger partial charge is 0.333 e. The Morgan fingerprint density at radius 2 is 1.70 bits per heavy atom. The number of aliphatic hydroxyl groups excluding tert-OH is 1. The SMILES string of the molecule is O=C(NC1CC2CCC1CC2)c1ccc2c(c1)OCCO2.O=C(O)C[C@H](O)C(=O)O. The Hall–Kier alpha value is -2.81. The second-order valence-corrected chi connectivity index (χ2v) is 7.91. The van der Waals surface area contributed by atoms with Crippen LogP contribution in [0, 0.1) is 11.8 Å². The van der Waals surface area contributed by atoms with Gasteiger partial charge in [0.2, 0.25) is 0 Å². The van der Waals surface area contributed by atoms with Crippen molar-refractivity contribution >= 4 is 17.8 Å². The van der Waals surface area contributed by atoms with Crippen molar-refractivity contribution in [3.05, 3.63) is 23.8 Å². The Kier molecular flexibility index (Phi) is 7.15. The van der Waals surface area contributed by atoms with Gasteiger partial charge in [-0.2, -0.15) is 0 Å². The summed E-state index contributed by atoms with van der Waals surface area (Å²) in [4.78, 5) is 31.9. The molecular formula is C21H27NO8. The highest BCUT2D eigenvalue weighted by molar-refractivity contribution is 5.95. The summed E-state index contributed by atoms with van der Waals surface area (Å²) in [5.41, 5.74) is 0.667. The van der Waals surface area contributed by atoms with E-state index >= 15 is 0 Å². The fraction of sp³-hybridized carbons (Fsp3) is 0.571. The molecule has 0 aromatic heterocycles. The lowest BCUT2D eigenvalue weighted by Crippen LogP contribution is -2.47. The number of amides is 1. The van der Waals surface area contributed by atoms with E-state index in [-0.39, 0.29) is 5.91 Å². The normalized spacial score (nSPS) is 24.8. The van der Waals surface area contributed by atoms with Gasteiger partial charge in [0.15, 0.2) is 17.6 Å². The maximum atomic E-state index is 12.5. The lowest BCUT2D eigenvalue weighted by atomic mass is 9.68. The van der Waals surface area contributed by atoms with Crippen LogP contribution in [0.5, 0.6) is 11.5 Å². The van der Waals surface area contributed by atoms with E-state index in [0.717, 1.165) is 18.1 Å². The number of aliphatic hydroxyl groups is 1. The van der Waals surface area contributed by atoms with Crippen LogP contribution in [0.25, 0.3) is 0 Å². The number of aliphatic carboxylic acids is 2. The van der Waals surface area contributed by atoms with Gasteiger partial charge in [-0.3, -0.25) is 9.59 Å². The largest absolute Gasteiger partial charge is 0.486 e. The van der Waals surface area contributed by atoms with Gasteiger partial charge in [-0.25, -0.2) is 4.79 Å². The van der Waals surface area contributed by atoms with Crippen molar-refractivity contribution in [1.29, 1.82) is 0 Å². The predicted octanol–water partition coefficient (Wildman–Crippen LogP) is 1.67. The number of carbonyl (C=O) groups excluding carboxylic acids is 1. The van der Waals surface area contributed by atoms with Crippen LogP contribution in [0.1, 0.15) is 48.9 Å². The molecule has 3 aliphatic carbocycles. The van der Waals surface area contributed by atoms with Crippen LogP contribution in [0.2, 0.25) is 0 Å². The summed E-state index contributed by atoms with van der Waals surface area (Å²) >= 11 is 0. The molecule has 30 heavy (non-hydrogen) atoms. The number of fused-ring (bicyclic) bond motifs is 4. The van der Waals surface area contributed by atoms with Gasteiger partial charge in [-0.15, -0.1) is 0 Å². The monoisotopic (exact) mass is 421 g/mol. The van der Waals surface area contributed by atoms with Gasteiger partial charge >= 0.3 is 11.9 Å². The Bertz CT molecular complexity index is 787. The van der Waals surface area contributed by atoms with E-state index in [4.69, 9.17) is 24.8 Å². The molecule has 9 heteroatoms. The molecule has 0 radical (unpaired) electrons. The molecule has 2 atom stereocenters. The van der Waals surface area contributed by atoms with Crippen molar-refractivity contribution in [3.8, 4) is 11.5 Å². The van der Waals surface area contributed by atoms with Gasteiger partial charge < -0.3 is 30.1 Å². The molecule has 4 aliphatic rings. The standard InChI is InChI=1S/C17H21NO3.C4H6O5/c19-17(18-14-9-11-1-3-12(14)4-2-11)13-5-6-15-16(10-13)21-8-7-20-15;5-2(4(8)9)1-3(6)7/h5-6,10-12,14H,1-4,7-9H2,(H,18,19);2,5H,1H2,(H,6,7)(H,8,9)/t;2-/m.0/s1. The summed E-state index contributed by atoms with van der Waals surface area (Å²) in [6.45, 7) is 1.12. The third kappa shape index (κ3) is 5.63. The van der Waals surface area contributed by atoms with E-state index in [1.54, 1.807) is 6.07 Å². The molecule has 1 aromatic carbocycles. The molecule has 1 aliphatic heterocycles. The third-order valence-corrected chi connectivity index (χ3v) is 5.82. The van der Waals surface area contributed by atoms with Crippen LogP contribution in [0.4, 0.5) is 0 Å². The second kappa shape index (κ2) is 9.80. The lowest BCUT2D eigenvalue weighted by molar-refractivity contribution is -0.152. The van der Waals surface area contributed by atoms with Crippen LogP contribution < -0.4 is 14.8 Å². The minimum absolute atomic E-state index is 0.0181. The van der Waals surface area contributed by atoms with E-state index in [1.165, 1.54) is 25.7 Å². The predicted molar refractivity (Wildman–Crippen MR) is 105 cm³/mol. The number of carboxylic acids is 2. The molecule has 0 spiro atoms. The first-order valence-electron chi connectivity index (χ1n) is 10.2. The average molecular weight is 421 g/mol. The second-order valence-electron chi connectivity index (χ2n) is 7.91. The minimum Gasteiger partial charge on any atom is -0.486 e. The van der Waals surface area contributed by atoms with Gasteiger partial charge in [-0.1, -0.05) is 12.8 Å². The van der Waals surface area contributed by atoms with E-state index in [0.29, 0.717) is 36.5 Å². The van der Waals surface area contributed by atoms with Crippen LogP contribution in [-0.2, 0) is 9.59 Å². The number of rotatable bonds is 5. The quantitative estimate of drug-likeness (QED) is 0.562. The summed E-state index contributed by atoms with van der Waals surface area (Å²) in [7, 11) is 0. The summed E-state index contributed by atoms with van der Waals surface area (Å²) in [5, 5.41) is 27.4. The van der Waals surface area contributed by atoms with Crippen LogP contribution in [-0.4, -0.2) is 58.5 Å². The number of nitrogens with one attached hydrogen (secondary N) is 1. The van der Waals surface area contributed by atoms with E-state index < -0.39 is 24.5 Å². The molecule has 1 amide bonds. The number of hydrogen-bond acceptors (Lipinski definition) is 6. The third-order valence-electron chi connectivity index (χ3n) is 5.82. The van der Waals surface area contributed by atoms with Crippen molar-refractivity contribution < 1.29 is 39.2 Å². The lowest BCUT2D eigenvalue weighted by Gasteiger charge is -2.42. The van der Waals surface area contributed by atoms with E-state index in [1.807, 2.05) is 12.1 Å². The zero-order valence-electron chi connectivity index (χ0n) is 16.6. The zero-order chi connectivity index (χ0) is 21.7. The molecule has 3 saturated carbocycles. The van der Waals surface area contributed by atoms with Crippen molar-refractivity contribution in [2.45, 2.75) is 50.7 Å². The maximum absolute atomic E-state index is 12.5. The van der Waals surface area contributed by atoms with Gasteiger partial charge in [0, 0.05) is 11.6 Å². The Balaban J connectivity index is 0.000000244. The van der Waals surface area contributed by atoms with Crippen LogP contribution in [0.3, 0.4) is 0 Å². The first-order chi connectivity index (χ1) is 14.3. The first-order valence-corrected chi connectivity index (χ1v) is 10.2. The summed E-state index contributed by atoms with van der Waals surface area (Å²) < 4.78 is 11.0. The van der Waals surface area contributed by atoms with Crippen LogP contribution >= 0.6 is 0 Å². The number of carbonyl (C=O) groups is 3. The van der Waals surface area contributed by atoms with E-state index in [2.05, 4.69) is 5.32 Å². The fourth-order valence-corrected chi connectivity index (χ4v) is 4.24. The average Bonchev–Trinajstić information content (AvgIpc) is 2.74. The van der Waals surface area contributed by atoms with E-state index in [9.17, 15) is 14.4 Å². The highest BCUT2D eigenvalue weighted by Gasteiger charge is 2.36. The Morgan fingerprint density at radius 1 is 1.03 bits per heavy atom. The number of hydrogen-bond donors (Lipinski definition) is 4. The van der Waals surface area contributed by atoms with Crippen LogP contribution in [0.15, 0.2) is 18.2 Å². The molecule has 1 heterocycles. The fourth-order valence-electron chi connectivity index (χ4n) is 4.24. The summed E-state index contributed by atoms with van der Waals surface area (Å²) in [6.07, 6.45) is 3.86. The molecule has 4 N–H and O–H groups in total. The molecule has 0 saturated heterocycles. The molecule has 9 nitrogen and oxygen atoms in total. The molecule has 1 aromatic rings. The zero-order valence-corrected chi connectivity index (χ0v) is 16.6. The number of benzene rings is 1. The van der Waals surface area contributed by atoms with Gasteiger partial charge in [0.1, 0.15) is 13.2 Å². The van der Waals surface area contributed by atoms with Gasteiger partial charge in [0.25, 0.3) is 5.91 Å². The molecule has 2 bridgehead atoms. The molecule has 3 fully saturated rings. The first kappa shape index (κ1) is 21.9. The molecule has 164 valence electrons. The highest BCUT2D eigenvalue weighted by Crippen LogP contribution is 2.41. The van der Waals surface area contributed by atoms with Crippen molar-refractivity contribution in [3.63, 3.8) is 0 Å². The minimum atomic E-state index is -1.79. The number of ether oxygens (including phenoxy) is 2. The Labute approximate surface area is 174 Å². The summed E-state index contributed by atoms with van der Waals surface area (Å²) in [6, 6.07) is 5.81. The molecule has 5 rings (SSSR count). The maximum Gasteiger partial charge on any atom is 0.333 e.